The number of hydrazine groups is 1. The zero-order valence-corrected chi connectivity index (χ0v) is 23.0. The summed E-state index contributed by atoms with van der Waals surface area (Å²) < 4.78 is 11.3. The maximum absolute atomic E-state index is 12.6. The van der Waals surface area contributed by atoms with Crippen molar-refractivity contribution in [3.8, 4) is 11.5 Å². The van der Waals surface area contributed by atoms with Crippen molar-refractivity contribution in [3.63, 3.8) is 0 Å². The van der Waals surface area contributed by atoms with Crippen LogP contribution in [0.3, 0.4) is 0 Å². The third kappa shape index (κ3) is 8.64. The van der Waals surface area contributed by atoms with Gasteiger partial charge in [-0.1, -0.05) is 42.5 Å². The topological polar surface area (TPSA) is 118 Å². The summed E-state index contributed by atoms with van der Waals surface area (Å²) in [7, 11) is 0. The van der Waals surface area contributed by atoms with Gasteiger partial charge in [0.2, 0.25) is 0 Å². The van der Waals surface area contributed by atoms with Gasteiger partial charge in [-0.2, -0.15) is 0 Å². The summed E-state index contributed by atoms with van der Waals surface area (Å²) >= 11 is 5.14. The third-order valence-corrected chi connectivity index (χ3v) is 5.98. The van der Waals surface area contributed by atoms with Gasteiger partial charge < -0.3 is 14.8 Å². The van der Waals surface area contributed by atoms with Gasteiger partial charge in [0.15, 0.2) is 5.11 Å². The molecule has 41 heavy (non-hydrogen) atoms. The van der Waals surface area contributed by atoms with Crippen molar-refractivity contribution in [1.29, 1.82) is 0 Å². The van der Waals surface area contributed by atoms with Crippen molar-refractivity contribution in [3.05, 3.63) is 125 Å². The van der Waals surface area contributed by atoms with Crippen LogP contribution in [0, 0.1) is 6.92 Å². The number of rotatable bonds is 9. The van der Waals surface area contributed by atoms with Gasteiger partial charge in [-0.05, 0) is 85.4 Å². The molecule has 10 heteroatoms. The number of carbonyl (C=O) groups is 3. The van der Waals surface area contributed by atoms with Crippen molar-refractivity contribution >= 4 is 40.7 Å². The van der Waals surface area contributed by atoms with Gasteiger partial charge in [-0.25, -0.2) is 0 Å². The van der Waals surface area contributed by atoms with Crippen LogP contribution in [-0.4, -0.2) is 36.0 Å². The molecular formula is C31H28N4O5S. The molecule has 0 radical (unpaired) electrons. The lowest BCUT2D eigenvalue weighted by Crippen LogP contribution is -2.48. The number of amides is 3. The lowest BCUT2D eigenvalue weighted by atomic mass is 10.1. The summed E-state index contributed by atoms with van der Waals surface area (Å²) in [6.45, 7) is 2.50. The molecule has 0 aliphatic rings. The number of aryl methyl sites for hydroxylation is 1. The fraction of sp³-hybridized carbons (Fsp3) is 0.0968. The van der Waals surface area contributed by atoms with Crippen molar-refractivity contribution < 1.29 is 23.9 Å². The predicted octanol–water partition coefficient (Wildman–Crippen LogP) is 4.65. The number of nitrogens with one attached hydrogen (secondary N) is 4. The molecule has 0 heterocycles. The summed E-state index contributed by atoms with van der Waals surface area (Å²) in [5, 5.41) is 5.23. The van der Waals surface area contributed by atoms with E-state index in [0.29, 0.717) is 41.3 Å². The van der Waals surface area contributed by atoms with E-state index in [4.69, 9.17) is 21.7 Å². The number of carbonyl (C=O) groups excluding carboxylic acids is 3. The molecule has 4 rings (SSSR count). The number of thiocarbonyl (C=S) groups is 1. The fourth-order valence-corrected chi connectivity index (χ4v) is 3.83. The Kier molecular flexibility index (Phi) is 10.0. The van der Waals surface area contributed by atoms with Crippen molar-refractivity contribution in [1.82, 2.24) is 16.2 Å². The first-order valence-electron chi connectivity index (χ1n) is 12.7. The minimum Gasteiger partial charge on any atom is -0.490 e. The Bertz CT molecular complexity index is 1530. The fourth-order valence-electron chi connectivity index (χ4n) is 3.69. The summed E-state index contributed by atoms with van der Waals surface area (Å²) in [5.41, 5.74) is 7.57. The molecule has 208 valence electrons. The third-order valence-electron chi connectivity index (χ3n) is 5.77. The largest absolute Gasteiger partial charge is 0.490 e. The van der Waals surface area contributed by atoms with Crippen LogP contribution in [-0.2, 0) is 0 Å². The van der Waals surface area contributed by atoms with Crippen molar-refractivity contribution in [2.75, 3.05) is 18.5 Å². The molecule has 0 saturated heterocycles. The van der Waals surface area contributed by atoms with E-state index in [9.17, 15) is 14.4 Å². The van der Waals surface area contributed by atoms with Gasteiger partial charge in [-0.3, -0.25) is 30.6 Å². The second-order valence-electron chi connectivity index (χ2n) is 8.75. The molecule has 4 aromatic rings. The van der Waals surface area contributed by atoms with Gasteiger partial charge >= 0.3 is 0 Å². The lowest BCUT2D eigenvalue weighted by molar-refractivity contribution is 0.0934. The smallest absolute Gasteiger partial charge is 0.269 e. The molecule has 0 saturated carbocycles. The second-order valence-corrected chi connectivity index (χ2v) is 9.15. The van der Waals surface area contributed by atoms with E-state index in [2.05, 4.69) is 21.5 Å². The monoisotopic (exact) mass is 568 g/mol. The van der Waals surface area contributed by atoms with Gasteiger partial charge in [0.1, 0.15) is 24.7 Å². The molecule has 9 nitrogen and oxygen atoms in total. The molecule has 0 aromatic heterocycles. The second kappa shape index (κ2) is 14.2. The molecule has 3 amide bonds. The molecule has 4 aromatic carbocycles. The Balaban J connectivity index is 1.20. The molecule has 0 unspecified atom stereocenters. The Morgan fingerprint density at radius 3 is 2.05 bits per heavy atom. The number of para-hydroxylation sites is 1. The highest BCUT2D eigenvalue weighted by Crippen LogP contribution is 2.15. The molecule has 0 bridgehead atoms. The zero-order valence-electron chi connectivity index (χ0n) is 22.2. The number of hydrogen-bond acceptors (Lipinski definition) is 6. The Hall–Kier alpha value is -5.22. The first-order chi connectivity index (χ1) is 19.9. The van der Waals surface area contributed by atoms with Gasteiger partial charge in [0.25, 0.3) is 17.7 Å². The van der Waals surface area contributed by atoms with Gasteiger partial charge in [0, 0.05) is 22.4 Å². The molecule has 0 aliphatic heterocycles. The van der Waals surface area contributed by atoms with Crippen molar-refractivity contribution in [2.24, 2.45) is 0 Å². The number of benzene rings is 4. The lowest BCUT2D eigenvalue weighted by Gasteiger charge is -2.12. The molecule has 0 fully saturated rings. The molecular weight excluding hydrogens is 540 g/mol. The van der Waals surface area contributed by atoms with E-state index in [-0.39, 0.29) is 11.0 Å². The number of anilines is 1. The van der Waals surface area contributed by atoms with Crippen LogP contribution in [0.4, 0.5) is 5.69 Å². The summed E-state index contributed by atoms with van der Waals surface area (Å²) in [6.07, 6.45) is 0. The summed E-state index contributed by atoms with van der Waals surface area (Å²) in [4.78, 5) is 37.6. The minimum atomic E-state index is -0.480. The maximum Gasteiger partial charge on any atom is 0.269 e. The predicted molar refractivity (Wildman–Crippen MR) is 160 cm³/mol. The van der Waals surface area contributed by atoms with Crippen LogP contribution in [0.25, 0.3) is 0 Å². The van der Waals surface area contributed by atoms with E-state index >= 15 is 0 Å². The maximum atomic E-state index is 12.6. The standard InChI is InChI=1S/C31H28N4O5S/c1-21-8-5-6-13-27(21)30(38)32-24-16-14-22(15-17-24)29(37)34-35-31(41)33-28(36)23-9-7-12-26(20-23)40-19-18-39-25-10-3-2-4-11-25/h2-17,20H,18-19H2,1H3,(H,32,38)(H,34,37)(H2,33,35,36,41). The first-order valence-corrected chi connectivity index (χ1v) is 13.1. The highest BCUT2D eigenvalue weighted by molar-refractivity contribution is 7.80. The molecule has 0 atom stereocenters. The molecule has 4 N–H and O–H groups in total. The van der Waals surface area contributed by atoms with E-state index in [0.717, 1.165) is 11.3 Å². The van der Waals surface area contributed by atoms with E-state index in [1.165, 1.54) is 0 Å². The van der Waals surface area contributed by atoms with Gasteiger partial charge in [0.05, 0.1) is 0 Å². The van der Waals surface area contributed by atoms with Crippen LogP contribution in [0.2, 0.25) is 0 Å². The van der Waals surface area contributed by atoms with E-state index in [1.807, 2.05) is 49.4 Å². The van der Waals surface area contributed by atoms with E-state index in [1.54, 1.807) is 60.7 Å². The van der Waals surface area contributed by atoms with Crippen molar-refractivity contribution in [2.45, 2.75) is 6.92 Å². The average molecular weight is 569 g/mol. The van der Waals surface area contributed by atoms with Crippen LogP contribution in [0.5, 0.6) is 11.5 Å². The first kappa shape index (κ1) is 28.8. The number of ether oxygens (including phenoxy) is 2. The summed E-state index contributed by atoms with van der Waals surface area (Å²) in [6, 6.07) is 29.6. The zero-order chi connectivity index (χ0) is 29.0. The normalized spacial score (nSPS) is 10.2. The van der Waals surface area contributed by atoms with Crippen LogP contribution < -0.4 is 31.0 Å². The Morgan fingerprint density at radius 2 is 1.32 bits per heavy atom. The van der Waals surface area contributed by atoms with Crippen LogP contribution >= 0.6 is 12.2 Å². The highest BCUT2D eigenvalue weighted by Gasteiger charge is 2.12. The SMILES string of the molecule is Cc1ccccc1C(=O)Nc1ccc(C(=O)NNC(=S)NC(=O)c2cccc(OCCOc3ccccc3)c2)cc1. The number of hydrogen-bond donors (Lipinski definition) is 4. The summed E-state index contributed by atoms with van der Waals surface area (Å²) in [5.74, 6) is 0.0528. The quantitative estimate of drug-likeness (QED) is 0.132. The van der Waals surface area contributed by atoms with Crippen LogP contribution in [0.15, 0.2) is 103 Å². The molecule has 0 aliphatic carbocycles. The van der Waals surface area contributed by atoms with Gasteiger partial charge in [-0.15, -0.1) is 0 Å². The minimum absolute atomic E-state index is 0.0898. The average Bonchev–Trinajstić information content (AvgIpc) is 2.99. The van der Waals surface area contributed by atoms with E-state index < -0.39 is 11.8 Å². The van der Waals surface area contributed by atoms with Crippen LogP contribution in [0.1, 0.15) is 36.6 Å². The molecule has 0 spiro atoms. The Morgan fingerprint density at radius 1 is 0.659 bits per heavy atom. The Labute approximate surface area is 242 Å². The highest BCUT2D eigenvalue weighted by atomic mass is 32.1.